The minimum atomic E-state index is -0.573. The number of rotatable bonds is 1. The molecule has 0 radical (unpaired) electrons. The van der Waals surface area contributed by atoms with Gasteiger partial charge in [-0.15, -0.1) is 0 Å². The highest BCUT2D eigenvalue weighted by Gasteiger charge is 2.38. The Morgan fingerprint density at radius 3 is 2.78 bits per heavy atom. The Balaban J connectivity index is 2.15. The molecule has 1 amide bonds. The summed E-state index contributed by atoms with van der Waals surface area (Å²) in [6.45, 7) is 5.47. The van der Waals surface area contributed by atoms with Crippen LogP contribution in [0.4, 0.5) is 4.79 Å². The third kappa shape index (κ3) is 2.72. The minimum absolute atomic E-state index is 0.0160. The van der Waals surface area contributed by atoms with Crippen LogP contribution in [-0.4, -0.2) is 28.9 Å². The van der Waals surface area contributed by atoms with Gasteiger partial charge in [0, 0.05) is 6.42 Å². The summed E-state index contributed by atoms with van der Waals surface area (Å²) in [5, 5.41) is 0. The number of amides is 1. The minimum Gasteiger partial charge on any atom is -0.467 e. The lowest BCUT2D eigenvalue weighted by Crippen LogP contribution is -2.36. The van der Waals surface area contributed by atoms with Crippen LogP contribution < -0.4 is 0 Å². The van der Waals surface area contributed by atoms with Gasteiger partial charge in [-0.25, -0.2) is 4.79 Å². The molecule has 5 heteroatoms. The molecule has 1 atom stereocenters. The van der Waals surface area contributed by atoms with Crippen molar-refractivity contribution in [2.75, 3.05) is 6.54 Å². The zero-order valence-corrected chi connectivity index (χ0v) is 10.8. The zero-order chi connectivity index (χ0) is 13.3. The number of nitrogens with zero attached hydrogens (tertiary/aromatic N) is 1. The molecule has 2 rings (SSSR count). The summed E-state index contributed by atoms with van der Waals surface area (Å²) in [5.41, 5.74) is -0.573. The first-order valence-electron chi connectivity index (χ1n) is 5.91. The molecule has 98 valence electrons. The number of carbonyl (C=O) groups excluding carboxylic acids is 2. The molecule has 0 bridgehead atoms. The number of hydrogen-bond donors (Lipinski definition) is 0. The molecular weight excluding hydrogens is 234 g/mol. The predicted molar refractivity (Wildman–Crippen MR) is 64.0 cm³/mol. The Bertz CT molecular complexity index is 444. The van der Waals surface area contributed by atoms with E-state index in [1.54, 1.807) is 32.9 Å². The molecule has 1 saturated heterocycles. The van der Waals surface area contributed by atoms with Gasteiger partial charge in [0.2, 0.25) is 0 Å². The Hall–Kier alpha value is -1.78. The van der Waals surface area contributed by atoms with Gasteiger partial charge in [-0.2, -0.15) is 0 Å². The van der Waals surface area contributed by atoms with Gasteiger partial charge in [-0.3, -0.25) is 9.69 Å². The summed E-state index contributed by atoms with van der Waals surface area (Å²) in [5.74, 6) is 0.633. The van der Waals surface area contributed by atoms with Crippen LogP contribution in [0.1, 0.15) is 39.0 Å². The SMILES string of the molecule is CC(C)(C)OC(=O)N1CC(=O)C[C@@H]1c1ccco1. The molecule has 0 aliphatic carbocycles. The second kappa shape index (κ2) is 4.48. The van der Waals surface area contributed by atoms with Gasteiger partial charge in [-0.1, -0.05) is 0 Å². The average Bonchev–Trinajstić information content (AvgIpc) is 2.82. The van der Waals surface area contributed by atoms with Crippen molar-refractivity contribution in [1.82, 2.24) is 4.90 Å². The number of ketones is 1. The van der Waals surface area contributed by atoms with Crippen LogP contribution >= 0.6 is 0 Å². The Labute approximate surface area is 106 Å². The molecule has 2 heterocycles. The first kappa shape index (κ1) is 12.7. The van der Waals surface area contributed by atoms with Gasteiger partial charge in [0.15, 0.2) is 5.78 Å². The highest BCUT2D eigenvalue weighted by atomic mass is 16.6. The quantitative estimate of drug-likeness (QED) is 0.769. The second-order valence-corrected chi connectivity index (χ2v) is 5.38. The maximum atomic E-state index is 12.0. The summed E-state index contributed by atoms with van der Waals surface area (Å²) in [4.78, 5) is 25.0. The van der Waals surface area contributed by atoms with Crippen LogP contribution in [0.15, 0.2) is 22.8 Å². The maximum Gasteiger partial charge on any atom is 0.411 e. The van der Waals surface area contributed by atoms with Crippen molar-refractivity contribution in [3.63, 3.8) is 0 Å². The van der Waals surface area contributed by atoms with Gasteiger partial charge in [0.1, 0.15) is 17.4 Å². The fraction of sp³-hybridized carbons (Fsp3) is 0.538. The number of likely N-dealkylation sites (tertiary alicyclic amines) is 1. The van der Waals surface area contributed by atoms with E-state index in [4.69, 9.17) is 9.15 Å². The number of hydrogen-bond acceptors (Lipinski definition) is 4. The van der Waals surface area contributed by atoms with E-state index in [1.165, 1.54) is 11.2 Å². The van der Waals surface area contributed by atoms with Crippen LogP contribution in [0, 0.1) is 0 Å². The fourth-order valence-electron chi connectivity index (χ4n) is 1.94. The van der Waals surface area contributed by atoms with E-state index in [1.807, 2.05) is 0 Å². The third-order valence-corrected chi connectivity index (χ3v) is 2.64. The highest BCUT2D eigenvalue weighted by molar-refractivity contribution is 5.88. The first-order valence-corrected chi connectivity index (χ1v) is 5.91. The molecule has 1 aromatic rings. The topological polar surface area (TPSA) is 59.8 Å². The van der Waals surface area contributed by atoms with Crippen molar-refractivity contribution in [2.45, 2.75) is 38.8 Å². The van der Waals surface area contributed by atoms with Gasteiger partial charge in [0.05, 0.1) is 12.8 Å². The normalized spacial score (nSPS) is 20.3. The van der Waals surface area contributed by atoms with Crippen molar-refractivity contribution in [3.8, 4) is 0 Å². The predicted octanol–water partition coefficient (Wildman–Crippen LogP) is 2.53. The first-order chi connectivity index (χ1) is 8.37. The molecule has 18 heavy (non-hydrogen) atoms. The molecular formula is C13H17NO4. The van der Waals surface area contributed by atoms with Gasteiger partial charge in [-0.05, 0) is 32.9 Å². The molecule has 1 aliphatic rings. The molecule has 0 N–H and O–H groups in total. The van der Waals surface area contributed by atoms with Crippen molar-refractivity contribution in [1.29, 1.82) is 0 Å². The van der Waals surface area contributed by atoms with Crippen LogP contribution in [0.25, 0.3) is 0 Å². The molecule has 0 unspecified atom stereocenters. The molecule has 1 fully saturated rings. The number of furan rings is 1. The number of Topliss-reactive ketones (excluding diaryl/α,β-unsaturated/α-hetero) is 1. The zero-order valence-electron chi connectivity index (χ0n) is 10.8. The van der Waals surface area contributed by atoms with Gasteiger partial charge >= 0.3 is 6.09 Å². The molecule has 0 aromatic carbocycles. The van der Waals surface area contributed by atoms with E-state index in [0.717, 1.165) is 0 Å². The lowest BCUT2D eigenvalue weighted by molar-refractivity contribution is -0.117. The molecule has 5 nitrogen and oxygen atoms in total. The van der Waals surface area contributed by atoms with Crippen molar-refractivity contribution >= 4 is 11.9 Å². The van der Waals surface area contributed by atoms with Crippen LogP contribution in [0.2, 0.25) is 0 Å². The Morgan fingerprint density at radius 2 is 2.22 bits per heavy atom. The highest BCUT2D eigenvalue weighted by Crippen LogP contribution is 2.31. The standard InChI is InChI=1S/C13H17NO4/c1-13(2,3)18-12(16)14-8-9(15)7-10(14)11-5-4-6-17-11/h4-6,10H,7-8H2,1-3H3/t10-/m1/s1. The number of ether oxygens (including phenoxy) is 1. The summed E-state index contributed by atoms with van der Waals surface area (Å²) in [7, 11) is 0. The number of carbonyl (C=O) groups is 2. The van der Waals surface area contributed by atoms with Gasteiger partial charge < -0.3 is 9.15 Å². The lowest BCUT2D eigenvalue weighted by Gasteiger charge is -2.27. The van der Waals surface area contributed by atoms with E-state index in [9.17, 15) is 9.59 Å². The van der Waals surface area contributed by atoms with Crippen LogP contribution in [0.3, 0.4) is 0 Å². The maximum absolute atomic E-state index is 12.0. The van der Waals surface area contributed by atoms with Crippen LogP contribution in [-0.2, 0) is 9.53 Å². The summed E-state index contributed by atoms with van der Waals surface area (Å²) in [6.07, 6.45) is 1.34. The van der Waals surface area contributed by atoms with Crippen molar-refractivity contribution in [2.24, 2.45) is 0 Å². The summed E-state index contributed by atoms with van der Waals surface area (Å²) < 4.78 is 10.6. The Kier molecular flexibility index (Phi) is 3.15. The van der Waals surface area contributed by atoms with E-state index < -0.39 is 11.7 Å². The summed E-state index contributed by atoms with van der Waals surface area (Å²) >= 11 is 0. The fourth-order valence-corrected chi connectivity index (χ4v) is 1.94. The molecule has 1 aliphatic heterocycles. The van der Waals surface area contributed by atoms with Gasteiger partial charge in [0.25, 0.3) is 0 Å². The smallest absolute Gasteiger partial charge is 0.411 e. The largest absolute Gasteiger partial charge is 0.467 e. The molecule has 0 saturated carbocycles. The average molecular weight is 251 g/mol. The molecule has 1 aromatic heterocycles. The van der Waals surface area contributed by atoms with E-state index in [2.05, 4.69) is 0 Å². The van der Waals surface area contributed by atoms with E-state index >= 15 is 0 Å². The Morgan fingerprint density at radius 1 is 1.50 bits per heavy atom. The van der Waals surface area contributed by atoms with E-state index in [0.29, 0.717) is 5.76 Å². The van der Waals surface area contributed by atoms with Crippen molar-refractivity contribution < 1.29 is 18.7 Å². The summed E-state index contributed by atoms with van der Waals surface area (Å²) in [6, 6.07) is 3.16. The lowest BCUT2D eigenvalue weighted by atomic mass is 10.1. The van der Waals surface area contributed by atoms with Crippen molar-refractivity contribution in [3.05, 3.63) is 24.2 Å². The third-order valence-electron chi connectivity index (χ3n) is 2.64. The molecule has 0 spiro atoms. The second-order valence-electron chi connectivity index (χ2n) is 5.38. The van der Waals surface area contributed by atoms with E-state index in [-0.39, 0.29) is 24.8 Å². The van der Waals surface area contributed by atoms with Crippen LogP contribution in [0.5, 0.6) is 0 Å². The monoisotopic (exact) mass is 251 g/mol.